The zero-order valence-electron chi connectivity index (χ0n) is 16.0. The first-order valence-corrected chi connectivity index (χ1v) is 10.8. The van der Waals surface area contributed by atoms with E-state index in [9.17, 15) is 21.6 Å². The van der Waals surface area contributed by atoms with E-state index in [4.69, 9.17) is 4.74 Å². The first-order chi connectivity index (χ1) is 12.7. The van der Waals surface area contributed by atoms with Crippen LogP contribution in [0.15, 0.2) is 4.99 Å². The molecular weight excluding hydrogens is 385 g/mol. The number of nitrogens with one attached hydrogen (secondary N) is 2. The number of guanidine groups is 1. The topological polar surface area (TPSA) is 83.0 Å². The van der Waals surface area contributed by atoms with Gasteiger partial charge in [0.1, 0.15) is 0 Å². The Labute approximate surface area is 159 Å². The summed E-state index contributed by atoms with van der Waals surface area (Å²) in [4.78, 5) is 4.46. The molecule has 2 N–H and O–H groups in total. The Morgan fingerprint density at radius 3 is 2.41 bits per heavy atom. The number of sulfonamides is 1. The summed E-state index contributed by atoms with van der Waals surface area (Å²) < 4.78 is 66.6. The van der Waals surface area contributed by atoms with Crippen LogP contribution in [-0.4, -0.2) is 70.1 Å². The maximum atomic E-state index is 12.6. The van der Waals surface area contributed by atoms with E-state index in [0.29, 0.717) is 49.3 Å². The highest BCUT2D eigenvalue weighted by atomic mass is 32.2. The van der Waals surface area contributed by atoms with E-state index in [1.54, 1.807) is 0 Å². The third-order valence-corrected chi connectivity index (χ3v) is 5.87. The van der Waals surface area contributed by atoms with Crippen LogP contribution in [0.25, 0.3) is 0 Å². The Morgan fingerprint density at radius 1 is 1.19 bits per heavy atom. The quantitative estimate of drug-likeness (QED) is 0.323. The highest BCUT2D eigenvalue weighted by Gasteiger charge is 2.50. The number of halogens is 3. The molecule has 0 aromatic heterocycles. The first-order valence-electron chi connectivity index (χ1n) is 9.38. The molecule has 27 heavy (non-hydrogen) atoms. The molecule has 1 fully saturated rings. The van der Waals surface area contributed by atoms with Gasteiger partial charge < -0.3 is 15.4 Å². The number of hydrogen-bond acceptors (Lipinski definition) is 4. The van der Waals surface area contributed by atoms with Crippen molar-refractivity contribution in [1.82, 2.24) is 14.9 Å². The van der Waals surface area contributed by atoms with E-state index in [1.165, 1.54) is 0 Å². The molecule has 0 atom stereocenters. The van der Waals surface area contributed by atoms with Gasteiger partial charge >= 0.3 is 15.5 Å². The minimum atomic E-state index is -5.24. The van der Waals surface area contributed by atoms with Crippen LogP contribution in [0.3, 0.4) is 0 Å². The molecule has 0 saturated carbocycles. The third-order valence-electron chi connectivity index (χ3n) is 4.24. The lowest BCUT2D eigenvalue weighted by Crippen LogP contribution is -2.45. The van der Waals surface area contributed by atoms with Crippen LogP contribution in [-0.2, 0) is 14.8 Å². The molecule has 1 aliphatic rings. The molecule has 1 aliphatic heterocycles. The van der Waals surface area contributed by atoms with Crippen molar-refractivity contribution in [2.45, 2.75) is 45.0 Å². The van der Waals surface area contributed by atoms with Crippen molar-refractivity contribution in [3.05, 3.63) is 0 Å². The zero-order chi connectivity index (χ0) is 20.3. The highest BCUT2D eigenvalue weighted by molar-refractivity contribution is 7.90. The molecule has 0 unspecified atom stereocenters. The van der Waals surface area contributed by atoms with Crippen LogP contribution in [0.2, 0.25) is 0 Å². The van der Waals surface area contributed by atoms with Gasteiger partial charge in [0.25, 0.3) is 0 Å². The van der Waals surface area contributed by atoms with Crippen LogP contribution in [0.5, 0.6) is 0 Å². The van der Waals surface area contributed by atoms with Gasteiger partial charge in [0.05, 0.1) is 6.61 Å². The summed E-state index contributed by atoms with van der Waals surface area (Å²) in [5.74, 6) is 0.683. The zero-order valence-corrected chi connectivity index (χ0v) is 16.8. The Morgan fingerprint density at radius 2 is 1.85 bits per heavy atom. The highest BCUT2D eigenvalue weighted by Crippen LogP contribution is 2.30. The number of alkyl halides is 3. The standard InChI is InChI=1S/C16H31F3N4O3S/c1-3-5-11-26-12-8-21-15(20-4-2)22-13-14-6-9-23(10-7-14)27(24,25)16(17,18)19/h14H,3-13H2,1-2H3,(H2,20,21,22). The van der Waals surface area contributed by atoms with E-state index in [1.807, 2.05) is 6.92 Å². The van der Waals surface area contributed by atoms with Gasteiger partial charge in [-0.3, -0.25) is 4.99 Å². The van der Waals surface area contributed by atoms with E-state index in [0.717, 1.165) is 19.4 Å². The molecule has 0 bridgehead atoms. The SMILES string of the molecule is CCCCOCCNC(=NCC1CCN(S(=O)(=O)C(F)(F)F)CC1)NCC. The summed E-state index contributed by atoms with van der Waals surface area (Å²) in [7, 11) is -5.23. The normalized spacial score (nSPS) is 17.9. The number of unbranched alkanes of at least 4 members (excludes halogenated alkanes) is 1. The number of aliphatic imine (C=N–C) groups is 1. The van der Waals surface area contributed by atoms with Crippen molar-refractivity contribution in [2.75, 3.05) is 45.9 Å². The molecule has 0 aliphatic carbocycles. The van der Waals surface area contributed by atoms with Crippen molar-refractivity contribution in [3.8, 4) is 0 Å². The second kappa shape index (κ2) is 11.7. The second-order valence-corrected chi connectivity index (χ2v) is 8.33. The largest absolute Gasteiger partial charge is 0.511 e. The molecule has 0 aromatic rings. The van der Waals surface area contributed by atoms with Gasteiger partial charge in [-0.1, -0.05) is 13.3 Å². The maximum Gasteiger partial charge on any atom is 0.511 e. The lowest BCUT2D eigenvalue weighted by Gasteiger charge is -2.30. The van der Waals surface area contributed by atoms with Crippen molar-refractivity contribution < 1.29 is 26.3 Å². The lowest BCUT2D eigenvalue weighted by atomic mass is 9.98. The van der Waals surface area contributed by atoms with Gasteiger partial charge in [0, 0.05) is 39.3 Å². The van der Waals surface area contributed by atoms with Crippen LogP contribution in [0.1, 0.15) is 39.5 Å². The van der Waals surface area contributed by atoms with Crippen LogP contribution in [0.4, 0.5) is 13.2 Å². The molecule has 1 saturated heterocycles. The number of ether oxygens (including phenoxy) is 1. The summed E-state index contributed by atoms with van der Waals surface area (Å²) in [6.07, 6.45) is 2.83. The molecule has 7 nitrogen and oxygen atoms in total. The molecule has 160 valence electrons. The van der Waals surface area contributed by atoms with Crippen LogP contribution >= 0.6 is 0 Å². The van der Waals surface area contributed by atoms with Crippen LogP contribution in [0, 0.1) is 5.92 Å². The van der Waals surface area contributed by atoms with Crippen LogP contribution < -0.4 is 10.6 Å². The smallest absolute Gasteiger partial charge is 0.380 e. The maximum absolute atomic E-state index is 12.6. The number of rotatable bonds is 10. The van der Waals surface area contributed by atoms with E-state index >= 15 is 0 Å². The molecule has 0 spiro atoms. The molecule has 11 heteroatoms. The van der Waals surface area contributed by atoms with E-state index < -0.39 is 15.5 Å². The van der Waals surface area contributed by atoms with Gasteiger partial charge in [-0.15, -0.1) is 0 Å². The first kappa shape index (κ1) is 24.0. The molecular formula is C16H31F3N4O3S. The van der Waals surface area contributed by atoms with Gasteiger partial charge in [0.2, 0.25) is 0 Å². The fourth-order valence-electron chi connectivity index (χ4n) is 2.63. The Hall–Kier alpha value is -1.07. The lowest BCUT2D eigenvalue weighted by molar-refractivity contribution is -0.0496. The molecule has 1 heterocycles. The molecule has 1 rings (SSSR count). The van der Waals surface area contributed by atoms with Crippen molar-refractivity contribution >= 4 is 16.0 Å². The summed E-state index contributed by atoms with van der Waals surface area (Å²) in [6, 6.07) is 0. The number of nitrogens with zero attached hydrogens (tertiary/aromatic N) is 2. The minimum absolute atomic E-state index is 0.0564. The summed E-state index contributed by atoms with van der Waals surface area (Å²) in [6.45, 7) is 6.81. The summed E-state index contributed by atoms with van der Waals surface area (Å²) >= 11 is 0. The van der Waals surface area contributed by atoms with Crippen molar-refractivity contribution in [2.24, 2.45) is 10.9 Å². The number of hydrogen-bond donors (Lipinski definition) is 2. The van der Waals surface area contributed by atoms with Gasteiger partial charge in [-0.25, -0.2) is 8.42 Å². The average Bonchev–Trinajstić information content (AvgIpc) is 2.62. The van der Waals surface area contributed by atoms with Gasteiger partial charge in [-0.05, 0) is 32.1 Å². The van der Waals surface area contributed by atoms with Crippen molar-refractivity contribution in [1.29, 1.82) is 0 Å². The second-order valence-electron chi connectivity index (χ2n) is 6.41. The van der Waals surface area contributed by atoms with Gasteiger partial charge in [0.15, 0.2) is 5.96 Å². The average molecular weight is 417 g/mol. The van der Waals surface area contributed by atoms with E-state index in [-0.39, 0.29) is 19.0 Å². The summed E-state index contributed by atoms with van der Waals surface area (Å²) in [5, 5.41) is 6.25. The minimum Gasteiger partial charge on any atom is -0.380 e. The Kier molecular flexibility index (Phi) is 10.4. The molecule has 0 amide bonds. The molecule has 0 aromatic carbocycles. The van der Waals surface area contributed by atoms with Crippen molar-refractivity contribution in [3.63, 3.8) is 0 Å². The monoisotopic (exact) mass is 416 g/mol. The fourth-order valence-corrected chi connectivity index (χ4v) is 3.62. The Balaban J connectivity index is 2.41. The van der Waals surface area contributed by atoms with Gasteiger partial charge in [-0.2, -0.15) is 17.5 Å². The van der Waals surface area contributed by atoms with E-state index in [2.05, 4.69) is 22.5 Å². The predicted molar refractivity (Wildman–Crippen MR) is 99.0 cm³/mol. The Bertz CT molecular complexity index is 548. The third kappa shape index (κ3) is 8.22. The molecule has 0 radical (unpaired) electrons. The number of piperidine rings is 1. The summed E-state index contributed by atoms with van der Waals surface area (Å²) in [5.41, 5.74) is -5.24. The predicted octanol–water partition coefficient (Wildman–Crippen LogP) is 1.92. The fraction of sp³-hybridized carbons (Fsp3) is 0.938.